The van der Waals surface area contributed by atoms with Gasteiger partial charge in [-0.15, -0.1) is 0 Å². The lowest BCUT2D eigenvalue weighted by atomic mass is 9.87. The summed E-state index contributed by atoms with van der Waals surface area (Å²) in [6, 6.07) is 5.33. The molecule has 24 heavy (non-hydrogen) atoms. The number of rotatable bonds is 2. The summed E-state index contributed by atoms with van der Waals surface area (Å²) in [5.41, 5.74) is 12.5. The maximum absolute atomic E-state index is 12.2. The second-order valence-corrected chi connectivity index (χ2v) is 6.89. The molecule has 0 bridgehead atoms. The molecule has 7 nitrogen and oxygen atoms in total. The molecule has 1 fully saturated rings. The molecule has 4 N–H and O–H groups in total. The molecule has 1 aromatic carbocycles. The maximum atomic E-state index is 12.2. The minimum absolute atomic E-state index is 0.181. The first-order valence-corrected chi connectivity index (χ1v) is 8.64. The Balaban J connectivity index is 2.17. The van der Waals surface area contributed by atoms with Gasteiger partial charge in [0.15, 0.2) is 0 Å². The molecular weight excluding hydrogens is 374 g/mol. The standard InChI is InChI=1S/C16H20BrN5O2/c1-24-13(23)11-6-5-10(17)9-12(11)22-15(19)20-14(18)21-16(22)7-3-2-4-8-16/h5-6,9H,2-4,7-8H2,1H3,(H4,18,19,20,21). The van der Waals surface area contributed by atoms with Crippen LogP contribution in [0.15, 0.2) is 32.7 Å². The van der Waals surface area contributed by atoms with Crippen LogP contribution in [0.5, 0.6) is 0 Å². The third-order valence-corrected chi connectivity index (χ3v) is 4.95. The van der Waals surface area contributed by atoms with E-state index < -0.39 is 11.6 Å². The Bertz CT molecular complexity index is 725. The Morgan fingerprint density at radius 3 is 2.67 bits per heavy atom. The maximum Gasteiger partial charge on any atom is 0.339 e. The molecule has 1 aliphatic heterocycles. The zero-order chi connectivity index (χ0) is 17.3. The van der Waals surface area contributed by atoms with Crippen molar-refractivity contribution in [1.29, 1.82) is 0 Å². The Morgan fingerprint density at radius 1 is 1.29 bits per heavy atom. The highest BCUT2D eigenvalue weighted by Gasteiger charge is 2.43. The van der Waals surface area contributed by atoms with Crippen molar-refractivity contribution < 1.29 is 9.53 Å². The van der Waals surface area contributed by atoms with Gasteiger partial charge in [-0.1, -0.05) is 22.4 Å². The molecule has 0 saturated heterocycles. The lowest BCUT2D eigenvalue weighted by Crippen LogP contribution is -2.58. The molecule has 0 amide bonds. The van der Waals surface area contributed by atoms with Gasteiger partial charge in [0.05, 0.1) is 18.4 Å². The zero-order valence-corrected chi connectivity index (χ0v) is 15.0. The van der Waals surface area contributed by atoms with E-state index in [4.69, 9.17) is 16.2 Å². The highest BCUT2D eigenvalue weighted by Crippen LogP contribution is 2.41. The monoisotopic (exact) mass is 393 g/mol. The number of carbonyl (C=O) groups is 1. The number of nitrogens with two attached hydrogens (primary N) is 2. The van der Waals surface area contributed by atoms with E-state index in [1.54, 1.807) is 12.1 Å². The van der Waals surface area contributed by atoms with Crippen molar-refractivity contribution in [2.75, 3.05) is 12.0 Å². The molecule has 8 heteroatoms. The summed E-state index contributed by atoms with van der Waals surface area (Å²) < 4.78 is 5.74. The molecule has 1 spiro atoms. The first-order valence-electron chi connectivity index (χ1n) is 7.84. The molecule has 0 aromatic heterocycles. The Kier molecular flexibility index (Phi) is 4.49. The van der Waals surface area contributed by atoms with Gasteiger partial charge in [0, 0.05) is 4.47 Å². The van der Waals surface area contributed by atoms with Crippen molar-refractivity contribution >= 4 is 39.5 Å². The van der Waals surface area contributed by atoms with Crippen molar-refractivity contribution in [1.82, 2.24) is 0 Å². The molecule has 0 unspecified atom stereocenters. The number of methoxy groups -OCH3 is 1. The summed E-state index contributed by atoms with van der Waals surface area (Å²) in [7, 11) is 1.36. The molecule has 128 valence electrons. The number of nitrogens with zero attached hydrogens (tertiary/aromatic N) is 3. The average Bonchev–Trinajstić information content (AvgIpc) is 2.54. The number of aliphatic imine (C=N–C) groups is 2. The fourth-order valence-corrected chi connectivity index (χ4v) is 3.79. The Morgan fingerprint density at radius 2 is 2.00 bits per heavy atom. The summed E-state index contributed by atoms with van der Waals surface area (Å²) in [4.78, 5) is 22.8. The van der Waals surface area contributed by atoms with Crippen molar-refractivity contribution in [3.8, 4) is 0 Å². The molecule has 2 aliphatic rings. The van der Waals surface area contributed by atoms with Crippen LogP contribution >= 0.6 is 15.9 Å². The van der Waals surface area contributed by atoms with Crippen LogP contribution < -0.4 is 16.4 Å². The lowest BCUT2D eigenvalue weighted by Gasteiger charge is -2.46. The Hall–Kier alpha value is -2.09. The predicted molar refractivity (Wildman–Crippen MR) is 97.0 cm³/mol. The minimum Gasteiger partial charge on any atom is -0.465 e. The van der Waals surface area contributed by atoms with Crippen LogP contribution in [-0.2, 0) is 4.74 Å². The summed E-state index contributed by atoms with van der Waals surface area (Å²) in [6.45, 7) is 0. The van der Waals surface area contributed by atoms with E-state index in [2.05, 4.69) is 25.9 Å². The number of hydrogen-bond donors (Lipinski definition) is 2. The molecule has 3 rings (SSSR count). The lowest BCUT2D eigenvalue weighted by molar-refractivity contribution is 0.0601. The molecule has 0 atom stereocenters. The van der Waals surface area contributed by atoms with Crippen LogP contribution in [-0.4, -0.2) is 30.7 Å². The van der Waals surface area contributed by atoms with Gasteiger partial charge in [0.25, 0.3) is 0 Å². The minimum atomic E-state index is -0.599. The number of halogens is 1. The second-order valence-electron chi connectivity index (χ2n) is 5.97. The SMILES string of the molecule is COC(=O)c1ccc(Br)cc1N1C(N)=NC(N)=NC12CCCCC2. The van der Waals surface area contributed by atoms with E-state index in [0.717, 1.165) is 36.6 Å². The first-order chi connectivity index (χ1) is 11.5. The van der Waals surface area contributed by atoms with Crippen LogP contribution in [0.2, 0.25) is 0 Å². The summed E-state index contributed by atoms with van der Waals surface area (Å²) in [6.07, 6.45) is 4.78. The number of benzene rings is 1. The highest BCUT2D eigenvalue weighted by atomic mass is 79.9. The van der Waals surface area contributed by atoms with E-state index in [9.17, 15) is 4.79 Å². The van der Waals surface area contributed by atoms with E-state index >= 15 is 0 Å². The van der Waals surface area contributed by atoms with Gasteiger partial charge in [-0.3, -0.25) is 4.90 Å². The predicted octanol–water partition coefficient (Wildman–Crippen LogP) is 2.35. The van der Waals surface area contributed by atoms with Crippen LogP contribution in [0, 0.1) is 0 Å². The molecule has 1 aliphatic carbocycles. The molecule has 1 heterocycles. The number of hydrogen-bond acceptors (Lipinski definition) is 7. The fraction of sp³-hybridized carbons (Fsp3) is 0.438. The topological polar surface area (TPSA) is 106 Å². The summed E-state index contributed by atoms with van der Waals surface area (Å²) in [5, 5.41) is 0. The van der Waals surface area contributed by atoms with Crippen molar-refractivity contribution in [3.63, 3.8) is 0 Å². The number of guanidine groups is 2. The highest BCUT2D eigenvalue weighted by molar-refractivity contribution is 9.10. The van der Waals surface area contributed by atoms with Crippen molar-refractivity contribution in [2.24, 2.45) is 21.5 Å². The smallest absolute Gasteiger partial charge is 0.339 e. The number of ether oxygens (including phenoxy) is 1. The second kappa shape index (κ2) is 6.43. The summed E-state index contributed by atoms with van der Waals surface area (Å²) in [5.74, 6) is -0.00768. The quantitative estimate of drug-likeness (QED) is 0.749. The summed E-state index contributed by atoms with van der Waals surface area (Å²) >= 11 is 3.46. The molecule has 1 saturated carbocycles. The van der Waals surface area contributed by atoms with Gasteiger partial charge >= 0.3 is 5.97 Å². The molecule has 0 radical (unpaired) electrons. The van der Waals surface area contributed by atoms with Gasteiger partial charge in [-0.05, 0) is 43.9 Å². The normalized spacial score (nSPS) is 19.7. The van der Waals surface area contributed by atoms with Gasteiger partial charge in [-0.25, -0.2) is 9.79 Å². The average molecular weight is 394 g/mol. The molecular formula is C16H20BrN5O2. The van der Waals surface area contributed by atoms with Gasteiger partial charge in [0.1, 0.15) is 5.66 Å². The number of esters is 1. The van der Waals surface area contributed by atoms with E-state index in [-0.39, 0.29) is 11.9 Å². The van der Waals surface area contributed by atoms with Crippen LogP contribution in [0.1, 0.15) is 42.5 Å². The van der Waals surface area contributed by atoms with Gasteiger partial charge in [0.2, 0.25) is 11.9 Å². The number of carbonyl (C=O) groups excluding carboxylic acids is 1. The van der Waals surface area contributed by atoms with Crippen LogP contribution in [0.25, 0.3) is 0 Å². The number of anilines is 1. The van der Waals surface area contributed by atoms with E-state index in [1.807, 2.05) is 11.0 Å². The Labute approximate surface area is 148 Å². The third-order valence-electron chi connectivity index (χ3n) is 4.46. The van der Waals surface area contributed by atoms with E-state index in [1.165, 1.54) is 7.11 Å². The van der Waals surface area contributed by atoms with Gasteiger partial charge in [-0.2, -0.15) is 4.99 Å². The van der Waals surface area contributed by atoms with Crippen LogP contribution in [0.3, 0.4) is 0 Å². The van der Waals surface area contributed by atoms with Crippen molar-refractivity contribution in [2.45, 2.75) is 37.8 Å². The molecule has 1 aromatic rings. The van der Waals surface area contributed by atoms with Crippen molar-refractivity contribution in [3.05, 3.63) is 28.2 Å². The fourth-order valence-electron chi connectivity index (χ4n) is 3.44. The van der Waals surface area contributed by atoms with Gasteiger partial charge < -0.3 is 16.2 Å². The van der Waals surface area contributed by atoms with E-state index in [0.29, 0.717) is 11.3 Å². The third kappa shape index (κ3) is 2.86. The van der Waals surface area contributed by atoms with Crippen LogP contribution in [0.4, 0.5) is 5.69 Å². The zero-order valence-electron chi connectivity index (χ0n) is 13.5. The largest absolute Gasteiger partial charge is 0.465 e. The first kappa shape index (κ1) is 16.8.